The second-order valence-corrected chi connectivity index (χ2v) is 6.54. The van der Waals surface area contributed by atoms with Gasteiger partial charge in [0.25, 0.3) is 0 Å². The van der Waals surface area contributed by atoms with Crippen molar-refractivity contribution in [3.05, 3.63) is 71.1 Å². The maximum Gasteiger partial charge on any atom is 0.342 e. The number of esters is 1. The van der Waals surface area contributed by atoms with E-state index in [0.29, 0.717) is 33.5 Å². The minimum absolute atomic E-state index is 0.258. The quantitative estimate of drug-likeness (QED) is 0.474. The highest BCUT2D eigenvalue weighted by Crippen LogP contribution is 2.31. The lowest BCUT2D eigenvalue weighted by Gasteiger charge is -2.14. The van der Waals surface area contributed by atoms with E-state index in [1.165, 1.54) is 0 Å². The van der Waals surface area contributed by atoms with Gasteiger partial charge in [-0.25, -0.2) is 19.7 Å². The molecule has 0 saturated heterocycles. The molecule has 2 aromatic heterocycles. The van der Waals surface area contributed by atoms with Crippen molar-refractivity contribution >= 4 is 28.6 Å². The molecule has 0 unspecified atom stereocenters. The maximum atomic E-state index is 12.6. The summed E-state index contributed by atoms with van der Waals surface area (Å²) in [5.74, 6) is -0.0638. The second kappa shape index (κ2) is 7.40. The number of benzene rings is 2. The van der Waals surface area contributed by atoms with E-state index in [4.69, 9.17) is 16.3 Å². The first kappa shape index (κ1) is 18.1. The van der Waals surface area contributed by atoms with Gasteiger partial charge in [-0.3, -0.25) is 4.57 Å². The Bertz CT molecular complexity index is 1190. The van der Waals surface area contributed by atoms with Crippen LogP contribution >= 0.6 is 11.6 Å². The van der Waals surface area contributed by atoms with Crippen molar-refractivity contribution in [3.8, 4) is 17.2 Å². The maximum absolute atomic E-state index is 12.6. The third-order valence-corrected chi connectivity index (χ3v) is 4.69. The minimum Gasteiger partial charge on any atom is -0.462 e. The van der Waals surface area contributed by atoms with Crippen LogP contribution in [0.15, 0.2) is 54.9 Å². The first-order valence-corrected chi connectivity index (χ1v) is 9.21. The summed E-state index contributed by atoms with van der Waals surface area (Å²) in [5.41, 5.74) is 3.60. The number of hydrogen-bond donors (Lipinski definition) is 0. The number of aryl methyl sites for hydroxylation is 1. The van der Waals surface area contributed by atoms with Gasteiger partial charge >= 0.3 is 5.97 Å². The standard InChI is InChI=1S/C21H17ClN4O2/c1-3-28-20(27)18-13(2)24-21(25-19(18)14-8-4-5-9-15(14)22)26-12-23-16-10-6-7-11-17(16)26/h4-12H,3H2,1-2H3. The smallest absolute Gasteiger partial charge is 0.342 e. The Hall–Kier alpha value is -3.25. The molecule has 28 heavy (non-hydrogen) atoms. The number of aromatic nitrogens is 4. The van der Waals surface area contributed by atoms with Crippen LogP contribution in [0.3, 0.4) is 0 Å². The SMILES string of the molecule is CCOC(=O)c1c(C)nc(-n2cnc3ccccc32)nc1-c1ccccc1Cl. The highest BCUT2D eigenvalue weighted by Gasteiger charge is 2.23. The highest BCUT2D eigenvalue weighted by molar-refractivity contribution is 6.33. The fraction of sp³-hybridized carbons (Fsp3) is 0.143. The number of carbonyl (C=O) groups is 1. The number of hydrogen-bond acceptors (Lipinski definition) is 5. The Kier molecular flexibility index (Phi) is 4.79. The lowest BCUT2D eigenvalue weighted by atomic mass is 10.0. The third kappa shape index (κ3) is 3.12. The Balaban J connectivity index is 1.99. The molecule has 0 fully saturated rings. The first-order chi connectivity index (χ1) is 13.6. The van der Waals surface area contributed by atoms with E-state index in [1.807, 2.05) is 42.5 Å². The van der Waals surface area contributed by atoms with Crippen LogP contribution in [0.1, 0.15) is 23.0 Å². The van der Waals surface area contributed by atoms with Crippen molar-refractivity contribution in [1.82, 2.24) is 19.5 Å². The predicted molar refractivity (Wildman–Crippen MR) is 108 cm³/mol. The molecule has 0 amide bonds. The van der Waals surface area contributed by atoms with Gasteiger partial charge < -0.3 is 4.74 Å². The van der Waals surface area contributed by atoms with Crippen LogP contribution in [0.25, 0.3) is 28.2 Å². The molecule has 0 saturated carbocycles. The summed E-state index contributed by atoms with van der Waals surface area (Å²) in [5, 5.41) is 0.493. The molecule has 0 radical (unpaired) electrons. The van der Waals surface area contributed by atoms with Gasteiger partial charge in [-0.15, -0.1) is 0 Å². The van der Waals surface area contributed by atoms with Crippen molar-refractivity contribution in [2.45, 2.75) is 13.8 Å². The summed E-state index contributed by atoms with van der Waals surface area (Å²) in [4.78, 5) is 26.3. The van der Waals surface area contributed by atoms with Gasteiger partial charge in [0.05, 0.1) is 29.0 Å². The Morgan fingerprint density at radius 1 is 1.11 bits per heavy atom. The van der Waals surface area contributed by atoms with Crippen LogP contribution in [0.5, 0.6) is 0 Å². The molecular formula is C21H17ClN4O2. The summed E-state index contributed by atoms with van der Waals surface area (Å²) in [6, 6.07) is 15.0. The van der Waals surface area contributed by atoms with E-state index in [9.17, 15) is 4.79 Å². The van der Waals surface area contributed by atoms with Gasteiger partial charge in [-0.2, -0.15) is 0 Å². The first-order valence-electron chi connectivity index (χ1n) is 8.83. The van der Waals surface area contributed by atoms with E-state index >= 15 is 0 Å². The lowest BCUT2D eigenvalue weighted by molar-refractivity contribution is 0.0525. The molecule has 2 aromatic carbocycles. The zero-order chi connectivity index (χ0) is 19.7. The topological polar surface area (TPSA) is 69.9 Å². The minimum atomic E-state index is -0.475. The molecule has 0 N–H and O–H groups in total. The normalized spacial score (nSPS) is 11.0. The van der Waals surface area contributed by atoms with Crippen LogP contribution in [-0.2, 0) is 4.74 Å². The van der Waals surface area contributed by atoms with E-state index in [0.717, 1.165) is 11.0 Å². The monoisotopic (exact) mass is 392 g/mol. The van der Waals surface area contributed by atoms with Gasteiger partial charge in [-0.1, -0.05) is 41.9 Å². The molecule has 0 bridgehead atoms. The molecule has 0 aliphatic carbocycles. The number of nitrogens with zero attached hydrogens (tertiary/aromatic N) is 4. The van der Waals surface area contributed by atoms with Crippen molar-refractivity contribution < 1.29 is 9.53 Å². The molecular weight excluding hydrogens is 376 g/mol. The van der Waals surface area contributed by atoms with Crippen molar-refractivity contribution in [1.29, 1.82) is 0 Å². The third-order valence-electron chi connectivity index (χ3n) is 4.36. The molecule has 7 heteroatoms. The molecule has 0 aliphatic heterocycles. The van der Waals surface area contributed by atoms with Gasteiger partial charge in [0.15, 0.2) is 0 Å². The summed E-state index contributed by atoms with van der Waals surface area (Å²) in [6.07, 6.45) is 1.67. The summed E-state index contributed by atoms with van der Waals surface area (Å²) in [7, 11) is 0. The number of rotatable bonds is 4. The van der Waals surface area contributed by atoms with Crippen molar-refractivity contribution in [2.24, 2.45) is 0 Å². The van der Waals surface area contributed by atoms with Crippen molar-refractivity contribution in [3.63, 3.8) is 0 Å². The average molecular weight is 393 g/mol. The number of fused-ring (bicyclic) bond motifs is 1. The zero-order valence-corrected chi connectivity index (χ0v) is 16.1. The largest absolute Gasteiger partial charge is 0.462 e. The average Bonchev–Trinajstić information content (AvgIpc) is 3.12. The molecule has 0 spiro atoms. The van der Waals surface area contributed by atoms with Crippen LogP contribution < -0.4 is 0 Å². The van der Waals surface area contributed by atoms with Crippen LogP contribution in [-0.4, -0.2) is 32.1 Å². The van der Waals surface area contributed by atoms with E-state index in [-0.39, 0.29) is 6.61 Å². The number of para-hydroxylation sites is 2. The van der Waals surface area contributed by atoms with Gasteiger partial charge in [0.1, 0.15) is 11.9 Å². The molecule has 2 heterocycles. The second-order valence-electron chi connectivity index (χ2n) is 6.14. The van der Waals surface area contributed by atoms with E-state index < -0.39 is 5.97 Å². The number of ether oxygens (including phenoxy) is 1. The lowest BCUT2D eigenvalue weighted by Crippen LogP contribution is -2.14. The predicted octanol–water partition coefficient (Wildman–Crippen LogP) is 4.62. The molecule has 0 atom stereocenters. The summed E-state index contributed by atoms with van der Waals surface area (Å²) in [6.45, 7) is 3.78. The molecule has 6 nitrogen and oxygen atoms in total. The van der Waals surface area contributed by atoms with Gasteiger partial charge in [0.2, 0.25) is 5.95 Å². The van der Waals surface area contributed by atoms with Crippen molar-refractivity contribution in [2.75, 3.05) is 6.61 Å². The fourth-order valence-electron chi connectivity index (χ4n) is 3.08. The van der Waals surface area contributed by atoms with E-state index in [1.54, 1.807) is 30.8 Å². The summed E-state index contributed by atoms with van der Waals surface area (Å²) < 4.78 is 7.02. The Morgan fingerprint density at radius 3 is 2.64 bits per heavy atom. The summed E-state index contributed by atoms with van der Waals surface area (Å²) >= 11 is 6.41. The van der Waals surface area contributed by atoms with Crippen LogP contribution in [0.4, 0.5) is 0 Å². The van der Waals surface area contributed by atoms with E-state index in [2.05, 4.69) is 15.0 Å². The Morgan fingerprint density at radius 2 is 1.86 bits per heavy atom. The molecule has 140 valence electrons. The number of halogens is 1. The molecule has 4 aromatic rings. The molecule has 4 rings (SSSR count). The Labute approximate surface area is 166 Å². The zero-order valence-electron chi connectivity index (χ0n) is 15.4. The van der Waals surface area contributed by atoms with Gasteiger partial charge in [0, 0.05) is 10.6 Å². The number of imidazole rings is 1. The van der Waals surface area contributed by atoms with Crippen LogP contribution in [0.2, 0.25) is 5.02 Å². The fourth-order valence-corrected chi connectivity index (χ4v) is 3.31. The number of carbonyl (C=O) groups excluding carboxylic acids is 1. The highest BCUT2D eigenvalue weighted by atomic mass is 35.5. The van der Waals surface area contributed by atoms with Gasteiger partial charge in [-0.05, 0) is 32.0 Å². The molecule has 0 aliphatic rings. The van der Waals surface area contributed by atoms with Crippen LogP contribution in [0, 0.1) is 6.92 Å².